The van der Waals surface area contributed by atoms with Crippen molar-refractivity contribution in [1.29, 1.82) is 0 Å². The molecule has 0 spiro atoms. The lowest BCUT2D eigenvalue weighted by atomic mass is 10.1. The van der Waals surface area contributed by atoms with Crippen LogP contribution in [0.25, 0.3) is 0 Å². The third kappa shape index (κ3) is 4.27. The van der Waals surface area contributed by atoms with Crippen LogP contribution in [-0.4, -0.2) is 41.8 Å². The second kappa shape index (κ2) is 6.46. The molecule has 1 fully saturated rings. The van der Waals surface area contributed by atoms with Gasteiger partial charge in [0.15, 0.2) is 0 Å². The normalized spacial score (nSPS) is 26.3. The fraction of sp³-hybridized carbons (Fsp3) is 0.600. The average molecular weight is 267 g/mol. The molecule has 1 heterocycles. The summed E-state index contributed by atoms with van der Waals surface area (Å²) < 4.78 is 18.8. The van der Waals surface area contributed by atoms with Gasteiger partial charge in [-0.1, -0.05) is 12.1 Å². The van der Waals surface area contributed by atoms with Crippen molar-refractivity contribution in [2.24, 2.45) is 0 Å². The first-order valence-electron chi connectivity index (χ1n) is 6.86. The van der Waals surface area contributed by atoms with Crippen molar-refractivity contribution in [3.05, 3.63) is 35.6 Å². The molecule has 1 aromatic rings. The molecule has 0 radical (unpaired) electrons. The summed E-state index contributed by atoms with van der Waals surface area (Å²) in [4.78, 5) is 2.29. The fourth-order valence-corrected chi connectivity index (χ4v) is 2.65. The van der Waals surface area contributed by atoms with Gasteiger partial charge >= 0.3 is 0 Å². The first-order chi connectivity index (χ1) is 9.04. The molecule has 106 valence electrons. The van der Waals surface area contributed by atoms with E-state index in [0.29, 0.717) is 12.0 Å². The Bertz CT molecular complexity index is 403. The van der Waals surface area contributed by atoms with E-state index in [9.17, 15) is 9.50 Å². The van der Waals surface area contributed by atoms with Crippen LogP contribution in [0.15, 0.2) is 24.3 Å². The molecule has 0 aliphatic carbocycles. The number of benzene rings is 1. The van der Waals surface area contributed by atoms with Gasteiger partial charge in [-0.25, -0.2) is 4.39 Å². The van der Waals surface area contributed by atoms with E-state index in [0.717, 1.165) is 19.6 Å². The van der Waals surface area contributed by atoms with Crippen LogP contribution in [0.2, 0.25) is 0 Å². The smallest absolute Gasteiger partial charge is 0.123 e. The largest absolute Gasteiger partial charge is 0.388 e. The number of aliphatic hydroxyl groups is 1. The van der Waals surface area contributed by atoms with Crippen molar-refractivity contribution in [1.82, 2.24) is 4.90 Å². The molecule has 0 amide bonds. The Kier molecular flexibility index (Phi) is 4.91. The van der Waals surface area contributed by atoms with Gasteiger partial charge in [-0.2, -0.15) is 0 Å². The third-order valence-electron chi connectivity index (χ3n) is 3.45. The standard InChI is InChI=1S/C15H22FNO2/c1-11-9-17(10-12(2)19-11)7-6-15(18)13-4-3-5-14(16)8-13/h3-5,8,11-12,15,18H,6-7,9-10H2,1-2H3/t11-,12+,15?. The van der Waals surface area contributed by atoms with Crippen molar-refractivity contribution >= 4 is 0 Å². The molecule has 2 rings (SSSR count). The van der Waals surface area contributed by atoms with E-state index in [1.54, 1.807) is 12.1 Å². The van der Waals surface area contributed by atoms with E-state index in [1.807, 2.05) is 0 Å². The van der Waals surface area contributed by atoms with Gasteiger partial charge in [0.2, 0.25) is 0 Å². The Morgan fingerprint density at radius 2 is 2.05 bits per heavy atom. The SMILES string of the molecule is C[C@@H]1CN(CCC(O)c2cccc(F)c2)C[C@H](C)O1. The molecule has 1 N–H and O–H groups in total. The molecule has 1 aliphatic heterocycles. The highest BCUT2D eigenvalue weighted by Gasteiger charge is 2.22. The molecular weight excluding hydrogens is 245 g/mol. The van der Waals surface area contributed by atoms with Gasteiger partial charge in [-0.05, 0) is 38.0 Å². The van der Waals surface area contributed by atoms with Crippen LogP contribution in [0.1, 0.15) is 31.9 Å². The van der Waals surface area contributed by atoms with Crippen LogP contribution in [0, 0.1) is 5.82 Å². The van der Waals surface area contributed by atoms with Crippen LogP contribution >= 0.6 is 0 Å². The summed E-state index contributed by atoms with van der Waals surface area (Å²) in [5, 5.41) is 10.1. The van der Waals surface area contributed by atoms with E-state index in [4.69, 9.17) is 4.74 Å². The van der Waals surface area contributed by atoms with Crippen LogP contribution in [0.4, 0.5) is 4.39 Å². The maximum atomic E-state index is 13.1. The number of morpholine rings is 1. The monoisotopic (exact) mass is 267 g/mol. The van der Waals surface area contributed by atoms with Crippen molar-refractivity contribution < 1.29 is 14.2 Å². The minimum atomic E-state index is -0.607. The molecule has 19 heavy (non-hydrogen) atoms. The van der Waals surface area contributed by atoms with Crippen LogP contribution in [0.5, 0.6) is 0 Å². The molecule has 4 heteroatoms. The van der Waals surface area contributed by atoms with Gasteiger partial charge in [-0.15, -0.1) is 0 Å². The average Bonchev–Trinajstić information content (AvgIpc) is 2.35. The Morgan fingerprint density at radius 1 is 1.37 bits per heavy atom. The summed E-state index contributed by atoms with van der Waals surface area (Å²) in [6.45, 7) is 6.70. The number of hydrogen-bond donors (Lipinski definition) is 1. The Morgan fingerprint density at radius 3 is 2.68 bits per heavy atom. The summed E-state index contributed by atoms with van der Waals surface area (Å²) >= 11 is 0. The minimum absolute atomic E-state index is 0.232. The van der Waals surface area contributed by atoms with Crippen LogP contribution in [-0.2, 0) is 4.74 Å². The molecule has 1 aromatic carbocycles. The second-order valence-electron chi connectivity index (χ2n) is 5.38. The number of hydrogen-bond acceptors (Lipinski definition) is 3. The molecule has 0 aromatic heterocycles. The zero-order chi connectivity index (χ0) is 13.8. The summed E-state index contributed by atoms with van der Waals surface area (Å²) in [6, 6.07) is 6.18. The lowest BCUT2D eigenvalue weighted by Crippen LogP contribution is -2.45. The molecule has 1 saturated heterocycles. The lowest BCUT2D eigenvalue weighted by Gasteiger charge is -2.35. The summed E-state index contributed by atoms with van der Waals surface area (Å²) in [5.41, 5.74) is 0.648. The number of rotatable bonds is 4. The van der Waals surface area contributed by atoms with Crippen LogP contribution < -0.4 is 0 Å². The highest BCUT2D eigenvalue weighted by molar-refractivity contribution is 5.18. The topological polar surface area (TPSA) is 32.7 Å². The van der Waals surface area contributed by atoms with E-state index >= 15 is 0 Å². The van der Waals surface area contributed by atoms with Crippen molar-refractivity contribution in [3.63, 3.8) is 0 Å². The molecule has 3 atom stereocenters. The van der Waals surface area contributed by atoms with Gasteiger partial charge in [-0.3, -0.25) is 4.90 Å². The lowest BCUT2D eigenvalue weighted by molar-refractivity contribution is -0.0702. The molecule has 3 nitrogen and oxygen atoms in total. The number of ether oxygens (including phenoxy) is 1. The molecule has 0 saturated carbocycles. The summed E-state index contributed by atoms with van der Waals surface area (Å²) in [7, 11) is 0. The first kappa shape index (κ1) is 14.4. The Labute approximate surface area is 114 Å². The van der Waals surface area contributed by atoms with Gasteiger partial charge in [0.05, 0.1) is 18.3 Å². The van der Waals surface area contributed by atoms with E-state index in [2.05, 4.69) is 18.7 Å². The van der Waals surface area contributed by atoms with Crippen molar-refractivity contribution in [2.75, 3.05) is 19.6 Å². The van der Waals surface area contributed by atoms with E-state index < -0.39 is 6.10 Å². The molecule has 1 unspecified atom stereocenters. The molecular formula is C15H22FNO2. The highest BCUT2D eigenvalue weighted by atomic mass is 19.1. The van der Waals surface area contributed by atoms with Crippen molar-refractivity contribution in [3.8, 4) is 0 Å². The van der Waals surface area contributed by atoms with Gasteiger partial charge in [0.25, 0.3) is 0 Å². The fourth-order valence-electron chi connectivity index (χ4n) is 2.65. The molecule has 1 aliphatic rings. The maximum Gasteiger partial charge on any atom is 0.123 e. The summed E-state index contributed by atoms with van der Waals surface area (Å²) in [5.74, 6) is -0.301. The zero-order valence-corrected chi connectivity index (χ0v) is 11.6. The van der Waals surface area contributed by atoms with E-state index in [-0.39, 0.29) is 18.0 Å². The number of halogens is 1. The Hall–Kier alpha value is -0.970. The van der Waals surface area contributed by atoms with Crippen LogP contribution in [0.3, 0.4) is 0 Å². The number of aliphatic hydroxyl groups excluding tert-OH is 1. The maximum absolute atomic E-state index is 13.1. The Balaban J connectivity index is 1.84. The summed E-state index contributed by atoms with van der Waals surface area (Å²) in [6.07, 6.45) is 0.470. The molecule has 0 bridgehead atoms. The van der Waals surface area contributed by atoms with Crippen molar-refractivity contribution in [2.45, 2.75) is 38.6 Å². The highest BCUT2D eigenvalue weighted by Crippen LogP contribution is 2.19. The predicted octanol–water partition coefficient (Wildman–Crippen LogP) is 2.36. The quantitative estimate of drug-likeness (QED) is 0.909. The zero-order valence-electron chi connectivity index (χ0n) is 11.6. The van der Waals surface area contributed by atoms with E-state index in [1.165, 1.54) is 12.1 Å². The van der Waals surface area contributed by atoms with Gasteiger partial charge in [0.1, 0.15) is 5.82 Å². The number of nitrogens with zero attached hydrogens (tertiary/aromatic N) is 1. The first-order valence-corrected chi connectivity index (χ1v) is 6.86. The van der Waals surface area contributed by atoms with Gasteiger partial charge < -0.3 is 9.84 Å². The predicted molar refractivity (Wildman–Crippen MR) is 72.4 cm³/mol. The van der Waals surface area contributed by atoms with Gasteiger partial charge in [0, 0.05) is 19.6 Å². The minimum Gasteiger partial charge on any atom is -0.388 e. The third-order valence-corrected chi connectivity index (χ3v) is 3.45. The second-order valence-corrected chi connectivity index (χ2v) is 5.38.